The molecule has 178 valence electrons. The van der Waals surface area contributed by atoms with Crippen molar-refractivity contribution < 1.29 is 24.2 Å². The van der Waals surface area contributed by atoms with E-state index in [0.29, 0.717) is 34.3 Å². The van der Waals surface area contributed by atoms with E-state index in [-0.39, 0.29) is 11.3 Å². The second-order valence-electron chi connectivity index (χ2n) is 7.89. The fourth-order valence-corrected chi connectivity index (χ4v) is 5.80. The molecule has 35 heavy (non-hydrogen) atoms. The number of thiazole rings is 1. The fraction of sp³-hybridized carbons (Fsp3) is 0.192. The molecule has 1 amide bonds. The van der Waals surface area contributed by atoms with Crippen molar-refractivity contribution in [3.05, 3.63) is 76.0 Å². The molecule has 3 heterocycles. The summed E-state index contributed by atoms with van der Waals surface area (Å²) in [5.74, 6) is -0.350. The first-order valence-corrected chi connectivity index (χ1v) is 12.7. The van der Waals surface area contributed by atoms with E-state index in [1.165, 1.54) is 27.6 Å². The lowest BCUT2D eigenvalue weighted by Crippen LogP contribution is -2.28. The minimum atomic E-state index is -0.784. The highest BCUT2D eigenvalue weighted by Crippen LogP contribution is 2.45. The number of fused-ring (bicyclic) bond motifs is 1. The third-order valence-electron chi connectivity index (χ3n) is 5.65. The van der Waals surface area contributed by atoms with Crippen molar-refractivity contribution in [1.29, 1.82) is 0 Å². The van der Waals surface area contributed by atoms with Crippen LogP contribution in [0.25, 0.3) is 16.0 Å². The Morgan fingerprint density at radius 3 is 2.57 bits per heavy atom. The van der Waals surface area contributed by atoms with Gasteiger partial charge in [0.15, 0.2) is 5.13 Å². The average Bonchev–Trinajstić information content (AvgIpc) is 3.61. The minimum Gasteiger partial charge on any atom is -0.507 e. The number of carbonyl (C=O) groups is 2. The number of hydrogen-bond acceptors (Lipinski definition) is 8. The Bertz CT molecular complexity index is 1420. The van der Waals surface area contributed by atoms with Crippen LogP contribution in [-0.2, 0) is 9.59 Å². The van der Waals surface area contributed by atoms with Crippen molar-refractivity contribution in [2.45, 2.75) is 19.4 Å². The summed E-state index contributed by atoms with van der Waals surface area (Å²) < 4.78 is 11.7. The van der Waals surface area contributed by atoms with Crippen molar-refractivity contribution in [2.24, 2.45) is 0 Å². The van der Waals surface area contributed by atoms with E-state index in [2.05, 4.69) is 4.98 Å². The predicted octanol–water partition coefficient (Wildman–Crippen LogP) is 5.78. The Balaban J connectivity index is 1.61. The summed E-state index contributed by atoms with van der Waals surface area (Å²) >= 11 is 2.70. The lowest BCUT2D eigenvalue weighted by atomic mass is 10.00. The minimum absolute atomic E-state index is 0.0384. The Morgan fingerprint density at radius 1 is 1.11 bits per heavy atom. The number of amides is 1. The monoisotopic (exact) mass is 506 g/mol. The second kappa shape index (κ2) is 9.52. The molecule has 0 saturated carbocycles. The molecule has 2 aromatic carbocycles. The largest absolute Gasteiger partial charge is 0.507 e. The van der Waals surface area contributed by atoms with Crippen LogP contribution in [0.2, 0.25) is 0 Å². The second-order valence-corrected chi connectivity index (χ2v) is 9.88. The molecular weight excluding hydrogens is 484 g/mol. The number of nitrogens with zero attached hydrogens (tertiary/aromatic N) is 2. The molecule has 7 nitrogen and oxygen atoms in total. The molecule has 1 fully saturated rings. The zero-order chi connectivity index (χ0) is 24.5. The summed E-state index contributed by atoms with van der Waals surface area (Å²) in [6.07, 6.45) is 0.880. The lowest BCUT2D eigenvalue weighted by Gasteiger charge is -2.21. The van der Waals surface area contributed by atoms with Gasteiger partial charge in [0.05, 0.1) is 29.5 Å². The topological polar surface area (TPSA) is 89.0 Å². The normalized spacial score (nSPS) is 17.3. The summed E-state index contributed by atoms with van der Waals surface area (Å²) in [4.78, 5) is 33.3. The van der Waals surface area contributed by atoms with Gasteiger partial charge < -0.3 is 14.6 Å². The van der Waals surface area contributed by atoms with Crippen LogP contribution in [0.4, 0.5) is 5.13 Å². The van der Waals surface area contributed by atoms with Gasteiger partial charge in [-0.05, 0) is 60.3 Å². The van der Waals surface area contributed by atoms with E-state index in [4.69, 9.17) is 9.47 Å². The molecule has 9 heteroatoms. The van der Waals surface area contributed by atoms with Gasteiger partial charge >= 0.3 is 5.91 Å². The quantitative estimate of drug-likeness (QED) is 0.194. The molecule has 1 N–H and O–H groups in total. The molecule has 0 radical (unpaired) electrons. The maximum Gasteiger partial charge on any atom is 0.301 e. The molecule has 0 spiro atoms. The van der Waals surface area contributed by atoms with E-state index < -0.39 is 17.7 Å². The predicted molar refractivity (Wildman–Crippen MR) is 138 cm³/mol. The molecule has 1 saturated heterocycles. The third-order valence-corrected chi connectivity index (χ3v) is 7.59. The first-order valence-electron chi connectivity index (χ1n) is 11.0. The number of aromatic nitrogens is 1. The lowest BCUT2D eigenvalue weighted by molar-refractivity contribution is -0.132. The van der Waals surface area contributed by atoms with Gasteiger partial charge in [-0.25, -0.2) is 4.98 Å². The Hall–Kier alpha value is -3.69. The molecule has 1 aliphatic heterocycles. The van der Waals surface area contributed by atoms with Gasteiger partial charge in [0.2, 0.25) is 0 Å². The van der Waals surface area contributed by atoms with E-state index in [0.717, 1.165) is 16.0 Å². The van der Waals surface area contributed by atoms with Crippen molar-refractivity contribution in [1.82, 2.24) is 4.98 Å². The number of carbonyl (C=O) groups excluding carboxylic acids is 2. The van der Waals surface area contributed by atoms with Crippen LogP contribution in [0.5, 0.6) is 11.5 Å². The van der Waals surface area contributed by atoms with Crippen LogP contribution >= 0.6 is 22.7 Å². The van der Waals surface area contributed by atoms with Gasteiger partial charge in [-0.1, -0.05) is 24.3 Å². The van der Waals surface area contributed by atoms with E-state index in [1.54, 1.807) is 37.4 Å². The number of methoxy groups -OCH3 is 1. The smallest absolute Gasteiger partial charge is 0.301 e. The highest BCUT2D eigenvalue weighted by atomic mass is 32.1. The van der Waals surface area contributed by atoms with Crippen LogP contribution in [0.3, 0.4) is 0 Å². The molecule has 0 bridgehead atoms. The zero-order valence-corrected chi connectivity index (χ0v) is 20.7. The van der Waals surface area contributed by atoms with Gasteiger partial charge in [0.25, 0.3) is 5.78 Å². The third kappa shape index (κ3) is 4.17. The van der Waals surface area contributed by atoms with Gasteiger partial charge in [-0.3, -0.25) is 14.5 Å². The number of anilines is 1. The molecule has 1 unspecified atom stereocenters. The van der Waals surface area contributed by atoms with Gasteiger partial charge in [0.1, 0.15) is 23.3 Å². The number of rotatable bonds is 7. The molecule has 5 rings (SSSR count). The first-order chi connectivity index (χ1) is 17.0. The van der Waals surface area contributed by atoms with Crippen LogP contribution in [0.15, 0.2) is 65.6 Å². The molecule has 1 aliphatic rings. The van der Waals surface area contributed by atoms with Crippen LogP contribution < -0.4 is 14.4 Å². The highest BCUT2D eigenvalue weighted by Gasteiger charge is 2.48. The average molecular weight is 507 g/mol. The Kier molecular flexibility index (Phi) is 6.27. The number of aliphatic hydroxyl groups excluding tert-OH is 1. The highest BCUT2D eigenvalue weighted by molar-refractivity contribution is 7.22. The molecule has 4 aromatic rings. The molecule has 0 aliphatic carbocycles. The van der Waals surface area contributed by atoms with Crippen LogP contribution in [0, 0.1) is 0 Å². The van der Waals surface area contributed by atoms with E-state index in [9.17, 15) is 14.7 Å². The summed E-state index contributed by atoms with van der Waals surface area (Å²) in [5, 5.41) is 13.5. The number of Topliss-reactive ketones (excluding diaryl/α,β-unsaturated/α-hetero) is 1. The van der Waals surface area contributed by atoms with Crippen molar-refractivity contribution in [3.8, 4) is 11.5 Å². The van der Waals surface area contributed by atoms with E-state index in [1.807, 2.05) is 36.6 Å². The maximum atomic E-state index is 13.3. The number of benzene rings is 2. The number of aliphatic hydroxyl groups is 1. The van der Waals surface area contributed by atoms with Crippen LogP contribution in [-0.4, -0.2) is 35.5 Å². The number of ketones is 1. The van der Waals surface area contributed by atoms with Gasteiger partial charge in [-0.2, -0.15) is 0 Å². The van der Waals surface area contributed by atoms with Gasteiger partial charge in [-0.15, -0.1) is 11.3 Å². The summed E-state index contributed by atoms with van der Waals surface area (Å²) in [6.45, 7) is 2.61. The summed E-state index contributed by atoms with van der Waals surface area (Å²) in [5.41, 5.74) is 1.17. The number of hydrogen-bond donors (Lipinski definition) is 1. The standard InChI is InChI=1S/C26H22N2O5S2/c1-3-12-33-16-8-6-15(7-9-16)23(29)21-22(19-5-4-13-34-19)28(25(31)24(21)30)26-27-18-11-10-17(32-2)14-20(18)35-26/h4-11,13-14,22,29H,3,12H2,1-2H3/b23-21+. The zero-order valence-electron chi connectivity index (χ0n) is 19.1. The number of ether oxygens (including phenoxy) is 2. The maximum absolute atomic E-state index is 13.3. The number of thiophene rings is 1. The molecular formula is C26H22N2O5S2. The van der Waals surface area contributed by atoms with Crippen molar-refractivity contribution in [3.63, 3.8) is 0 Å². The summed E-state index contributed by atoms with van der Waals surface area (Å²) in [6, 6.07) is 15.2. The fourth-order valence-electron chi connectivity index (χ4n) is 3.95. The van der Waals surface area contributed by atoms with Gasteiger partial charge in [0, 0.05) is 10.4 Å². The SMILES string of the molecule is CCCOc1ccc(/C(O)=C2\C(=O)C(=O)N(c3nc4ccc(OC)cc4s3)C2c2cccs2)cc1. The van der Waals surface area contributed by atoms with Crippen molar-refractivity contribution in [2.75, 3.05) is 18.6 Å². The molecule has 2 aromatic heterocycles. The first kappa shape index (κ1) is 23.1. The Morgan fingerprint density at radius 2 is 1.89 bits per heavy atom. The van der Waals surface area contributed by atoms with E-state index >= 15 is 0 Å². The van der Waals surface area contributed by atoms with Crippen molar-refractivity contribution >= 4 is 55.5 Å². The van der Waals surface area contributed by atoms with Crippen LogP contribution in [0.1, 0.15) is 29.8 Å². The molecule has 1 atom stereocenters. The Labute approximate surface area is 209 Å². The summed E-state index contributed by atoms with van der Waals surface area (Å²) in [7, 11) is 1.58.